The van der Waals surface area contributed by atoms with Crippen LogP contribution >= 0.6 is 27.7 Å². The van der Waals surface area contributed by atoms with E-state index in [9.17, 15) is 0 Å². The van der Waals surface area contributed by atoms with Gasteiger partial charge >= 0.3 is 0 Å². The van der Waals surface area contributed by atoms with Crippen LogP contribution in [-0.2, 0) is 0 Å². The van der Waals surface area contributed by atoms with E-state index in [1.807, 2.05) is 12.5 Å². The summed E-state index contributed by atoms with van der Waals surface area (Å²) < 4.78 is 1.05. The van der Waals surface area contributed by atoms with Crippen molar-refractivity contribution in [2.45, 2.75) is 36.4 Å². The molecule has 0 aromatic carbocycles. The molecule has 1 aliphatic carbocycles. The summed E-state index contributed by atoms with van der Waals surface area (Å²) in [6.07, 6.45) is 11.0. The number of amidine groups is 1. The molecule has 1 saturated carbocycles. The van der Waals surface area contributed by atoms with Gasteiger partial charge in [-0.1, -0.05) is 24.6 Å². The van der Waals surface area contributed by atoms with Crippen molar-refractivity contribution in [1.29, 1.82) is 0 Å². The number of nitrogens with zero attached hydrogens (tertiary/aromatic N) is 4. The molecule has 1 aromatic rings. The van der Waals surface area contributed by atoms with Crippen LogP contribution in [0.5, 0.6) is 0 Å². The third-order valence-corrected chi connectivity index (χ3v) is 5.55. The monoisotopic (exact) mass is 350 g/mol. The first kappa shape index (κ1) is 12.8. The molecule has 0 atom stereocenters. The molecule has 4 rings (SSSR count). The summed E-state index contributed by atoms with van der Waals surface area (Å²) in [5.74, 6) is 2.08. The summed E-state index contributed by atoms with van der Waals surface area (Å²) >= 11 is 5.25. The third-order valence-electron chi connectivity index (χ3n) is 4.41. The number of fused-ring (bicyclic) bond motifs is 4. The van der Waals surface area contributed by atoms with Crippen molar-refractivity contribution in [1.82, 2.24) is 9.97 Å². The average Bonchev–Trinajstić information content (AvgIpc) is 3.08. The lowest BCUT2D eigenvalue weighted by Gasteiger charge is -2.38. The van der Waals surface area contributed by atoms with Crippen molar-refractivity contribution >= 4 is 45.4 Å². The maximum absolute atomic E-state index is 4.79. The maximum atomic E-state index is 4.79. The smallest absolute Gasteiger partial charge is 0.189 e. The van der Waals surface area contributed by atoms with Crippen molar-refractivity contribution in [3.63, 3.8) is 0 Å². The molecular formula is C14H15BrN4S. The molecule has 20 heavy (non-hydrogen) atoms. The molecule has 1 fully saturated rings. The largest absolute Gasteiger partial charge is 0.302 e. The number of hydrogen-bond acceptors (Lipinski definition) is 5. The normalized spacial score (nSPS) is 22.6. The molecule has 1 spiro atoms. The zero-order valence-corrected chi connectivity index (χ0v) is 13.7. The summed E-state index contributed by atoms with van der Waals surface area (Å²) in [5, 5.41) is 0.828. The number of thioether (sulfide) groups is 1. The third kappa shape index (κ3) is 1.70. The first-order valence-corrected chi connectivity index (χ1v) is 8.89. The highest BCUT2D eigenvalue weighted by molar-refractivity contribution is 9.12. The van der Waals surface area contributed by atoms with Gasteiger partial charge in [-0.2, -0.15) is 0 Å². The minimum absolute atomic E-state index is 0.154. The lowest BCUT2D eigenvalue weighted by molar-refractivity contribution is 0.469. The van der Waals surface area contributed by atoms with Crippen molar-refractivity contribution in [3.8, 4) is 0 Å². The quantitative estimate of drug-likeness (QED) is 0.574. The Hall–Kier alpha value is -0.880. The molecule has 104 valence electrons. The molecular weight excluding hydrogens is 336 g/mol. The molecule has 3 aliphatic rings. The lowest BCUT2D eigenvalue weighted by Crippen LogP contribution is -2.49. The number of hydrogen-bond donors (Lipinski definition) is 0. The van der Waals surface area contributed by atoms with Gasteiger partial charge in [0.25, 0.3) is 0 Å². The highest BCUT2D eigenvalue weighted by atomic mass is 79.9. The second-order valence-electron chi connectivity index (χ2n) is 5.53. The number of aromatic nitrogens is 2. The van der Waals surface area contributed by atoms with Crippen molar-refractivity contribution in [2.75, 3.05) is 17.7 Å². The van der Waals surface area contributed by atoms with E-state index in [2.05, 4.69) is 31.9 Å². The second-order valence-corrected chi connectivity index (χ2v) is 7.16. The van der Waals surface area contributed by atoms with Gasteiger partial charge in [-0.25, -0.2) is 9.97 Å². The molecule has 0 bridgehead atoms. The fourth-order valence-corrected chi connectivity index (χ4v) is 4.34. The van der Waals surface area contributed by atoms with Crippen molar-refractivity contribution in [3.05, 3.63) is 16.2 Å². The predicted octanol–water partition coefficient (Wildman–Crippen LogP) is 3.48. The fourth-order valence-electron chi connectivity index (χ4n) is 3.46. The maximum Gasteiger partial charge on any atom is 0.189 e. The Bertz CT molecular complexity index is 634. The van der Waals surface area contributed by atoms with Crippen LogP contribution in [0.2, 0.25) is 0 Å². The zero-order chi connectivity index (χ0) is 13.7. The minimum atomic E-state index is 0.154. The molecule has 0 saturated heterocycles. The van der Waals surface area contributed by atoms with Crippen LogP contribution in [0.3, 0.4) is 0 Å². The second kappa shape index (κ2) is 4.56. The Balaban J connectivity index is 1.90. The van der Waals surface area contributed by atoms with Gasteiger partial charge < -0.3 is 4.90 Å². The molecule has 2 aliphatic heterocycles. The fraction of sp³-hybridized carbons (Fsp3) is 0.500. The van der Waals surface area contributed by atoms with Gasteiger partial charge in [-0.05, 0) is 41.1 Å². The highest BCUT2D eigenvalue weighted by Crippen LogP contribution is 2.46. The van der Waals surface area contributed by atoms with Gasteiger partial charge in [-0.15, -0.1) is 0 Å². The van der Waals surface area contributed by atoms with Gasteiger partial charge in [0.15, 0.2) is 5.16 Å². The lowest BCUT2D eigenvalue weighted by atomic mass is 9.95. The average molecular weight is 351 g/mol. The van der Waals surface area contributed by atoms with E-state index >= 15 is 0 Å². The van der Waals surface area contributed by atoms with Gasteiger partial charge in [0, 0.05) is 11.8 Å². The standard InChI is InChI=1S/C14H15BrN4S/c1-20-13-16-7-9-6-10(15)12-17-8-14(4-2-3-5-14)19(12)11(9)18-13/h6-7H,2-5,8H2,1H3. The van der Waals surface area contributed by atoms with Crippen LogP contribution in [0.4, 0.5) is 5.82 Å². The number of rotatable bonds is 1. The molecule has 3 heterocycles. The number of anilines is 1. The summed E-state index contributed by atoms with van der Waals surface area (Å²) in [6, 6.07) is 0. The topological polar surface area (TPSA) is 41.4 Å². The molecule has 6 heteroatoms. The number of halogens is 1. The van der Waals surface area contributed by atoms with Crippen LogP contribution in [0.15, 0.2) is 20.8 Å². The minimum Gasteiger partial charge on any atom is -0.302 e. The summed E-state index contributed by atoms with van der Waals surface area (Å²) in [4.78, 5) is 16.3. The van der Waals surface area contributed by atoms with Gasteiger partial charge in [0.2, 0.25) is 0 Å². The van der Waals surface area contributed by atoms with Crippen LogP contribution in [0.1, 0.15) is 31.2 Å². The molecule has 4 nitrogen and oxygen atoms in total. The van der Waals surface area contributed by atoms with Crippen LogP contribution in [-0.4, -0.2) is 34.1 Å². The first-order chi connectivity index (χ1) is 9.73. The Morgan fingerprint density at radius 3 is 2.90 bits per heavy atom. The Kier molecular flexibility index (Phi) is 2.93. The van der Waals surface area contributed by atoms with E-state index in [0.717, 1.165) is 33.4 Å². The molecule has 1 aromatic heterocycles. The van der Waals surface area contributed by atoms with E-state index in [4.69, 9.17) is 9.98 Å². The van der Waals surface area contributed by atoms with E-state index in [1.54, 1.807) is 11.8 Å². The molecule has 0 amide bonds. The summed E-state index contributed by atoms with van der Waals surface area (Å²) in [5.41, 5.74) is 1.24. The zero-order valence-electron chi connectivity index (χ0n) is 11.3. The first-order valence-electron chi connectivity index (χ1n) is 6.87. The molecule has 0 unspecified atom stereocenters. The highest BCUT2D eigenvalue weighted by Gasteiger charge is 2.48. The molecule has 0 N–H and O–H groups in total. The van der Waals surface area contributed by atoms with E-state index in [0.29, 0.717) is 0 Å². The summed E-state index contributed by atoms with van der Waals surface area (Å²) in [7, 11) is 0. The van der Waals surface area contributed by atoms with Crippen LogP contribution < -0.4 is 4.90 Å². The Morgan fingerprint density at radius 1 is 1.35 bits per heavy atom. The van der Waals surface area contributed by atoms with Crippen molar-refractivity contribution in [2.24, 2.45) is 4.99 Å². The molecule has 0 radical (unpaired) electrons. The summed E-state index contributed by atoms with van der Waals surface area (Å²) in [6.45, 7) is 0.892. The Labute approximate surface area is 130 Å². The van der Waals surface area contributed by atoms with E-state index < -0.39 is 0 Å². The van der Waals surface area contributed by atoms with Gasteiger partial charge in [0.05, 0.1) is 16.6 Å². The van der Waals surface area contributed by atoms with Crippen molar-refractivity contribution < 1.29 is 0 Å². The number of aliphatic imine (C=N–C) groups is 1. The Morgan fingerprint density at radius 2 is 2.15 bits per heavy atom. The van der Waals surface area contributed by atoms with Crippen LogP contribution in [0.25, 0.3) is 6.08 Å². The predicted molar refractivity (Wildman–Crippen MR) is 86.7 cm³/mol. The van der Waals surface area contributed by atoms with Gasteiger partial charge in [0.1, 0.15) is 11.7 Å². The van der Waals surface area contributed by atoms with E-state index in [-0.39, 0.29) is 5.54 Å². The van der Waals surface area contributed by atoms with Crippen LogP contribution in [0, 0.1) is 0 Å². The van der Waals surface area contributed by atoms with E-state index in [1.165, 1.54) is 25.7 Å². The SMILES string of the molecule is CSc1ncc2c(n1)N1C(=NCC13CCCC3)C(Br)=C2. The van der Waals surface area contributed by atoms with Gasteiger partial charge in [-0.3, -0.25) is 4.99 Å².